The van der Waals surface area contributed by atoms with Crippen molar-refractivity contribution in [1.82, 2.24) is 4.90 Å². The minimum Gasteiger partial charge on any atom is -0.399 e. The Bertz CT molecular complexity index is 470. The molecular formula is C13H17ClN2O2S. The van der Waals surface area contributed by atoms with E-state index in [4.69, 9.17) is 22.1 Å². The second kappa shape index (κ2) is 6.50. The average Bonchev–Trinajstić information content (AvgIpc) is 2.39. The average molecular weight is 301 g/mol. The highest BCUT2D eigenvalue weighted by Gasteiger charge is 2.21. The maximum Gasteiger partial charge on any atom is 0.233 e. The molecule has 2 rings (SSSR count). The predicted octanol–water partition coefficient (Wildman–Crippen LogP) is 2.26. The lowest BCUT2D eigenvalue weighted by Gasteiger charge is -2.31. The van der Waals surface area contributed by atoms with Gasteiger partial charge in [0.15, 0.2) is 0 Å². The van der Waals surface area contributed by atoms with E-state index < -0.39 is 0 Å². The number of nitrogens with zero attached hydrogens (tertiary/aromatic N) is 1. The van der Waals surface area contributed by atoms with Gasteiger partial charge in [-0.25, -0.2) is 0 Å². The van der Waals surface area contributed by atoms with Crippen LogP contribution < -0.4 is 5.73 Å². The summed E-state index contributed by atoms with van der Waals surface area (Å²) < 4.78 is 5.42. The number of carbonyl (C=O) groups is 1. The summed E-state index contributed by atoms with van der Waals surface area (Å²) in [6.45, 7) is 3.90. The summed E-state index contributed by atoms with van der Waals surface area (Å²) >= 11 is 7.49. The molecule has 0 spiro atoms. The number of hydrogen-bond acceptors (Lipinski definition) is 4. The summed E-state index contributed by atoms with van der Waals surface area (Å²) in [7, 11) is 0. The summed E-state index contributed by atoms with van der Waals surface area (Å²) in [6.07, 6.45) is 0.110. The van der Waals surface area contributed by atoms with Gasteiger partial charge in [-0.1, -0.05) is 11.6 Å². The van der Waals surface area contributed by atoms with Crippen molar-refractivity contribution >= 4 is 35.0 Å². The Morgan fingerprint density at radius 2 is 2.42 bits per heavy atom. The second-order valence-electron chi connectivity index (χ2n) is 4.50. The molecule has 1 amide bonds. The smallest absolute Gasteiger partial charge is 0.233 e. The highest BCUT2D eigenvalue weighted by atomic mass is 35.5. The maximum absolute atomic E-state index is 12.1. The number of halogens is 1. The summed E-state index contributed by atoms with van der Waals surface area (Å²) in [4.78, 5) is 14.8. The fourth-order valence-electron chi connectivity index (χ4n) is 1.91. The zero-order valence-corrected chi connectivity index (χ0v) is 12.3. The fraction of sp³-hybridized carbons (Fsp3) is 0.462. The van der Waals surface area contributed by atoms with E-state index in [0.29, 0.717) is 36.2 Å². The molecule has 1 atom stereocenters. The number of benzene rings is 1. The van der Waals surface area contributed by atoms with Gasteiger partial charge < -0.3 is 15.4 Å². The van der Waals surface area contributed by atoms with E-state index in [1.165, 1.54) is 11.8 Å². The second-order valence-corrected chi connectivity index (χ2v) is 5.92. The van der Waals surface area contributed by atoms with Crippen LogP contribution >= 0.6 is 23.4 Å². The standard InChI is InChI=1S/C13H17ClN2O2S/c1-9-7-16(4-5-18-9)13(17)8-19-12-6-10(15)2-3-11(12)14/h2-3,6,9H,4-5,7-8,15H2,1H3. The summed E-state index contributed by atoms with van der Waals surface area (Å²) in [6, 6.07) is 5.29. The first-order valence-corrected chi connectivity index (χ1v) is 7.50. The topological polar surface area (TPSA) is 55.6 Å². The molecule has 0 radical (unpaired) electrons. The fourth-order valence-corrected chi connectivity index (χ4v) is 3.07. The van der Waals surface area contributed by atoms with E-state index in [0.717, 1.165) is 4.90 Å². The third-order valence-electron chi connectivity index (χ3n) is 2.90. The molecule has 1 aromatic carbocycles. The molecule has 104 valence electrons. The summed E-state index contributed by atoms with van der Waals surface area (Å²) in [5, 5.41) is 0.627. The molecule has 2 N–H and O–H groups in total. The molecule has 4 nitrogen and oxygen atoms in total. The molecule has 0 bridgehead atoms. The summed E-state index contributed by atoms with van der Waals surface area (Å²) in [5.74, 6) is 0.481. The monoisotopic (exact) mass is 300 g/mol. The van der Waals surface area contributed by atoms with Crippen molar-refractivity contribution in [1.29, 1.82) is 0 Å². The lowest BCUT2D eigenvalue weighted by molar-refractivity contribution is -0.135. The Labute approximate surface area is 122 Å². The molecular weight excluding hydrogens is 284 g/mol. The molecule has 6 heteroatoms. The number of rotatable bonds is 3. The van der Waals surface area contributed by atoms with Crippen LogP contribution in [0.1, 0.15) is 6.92 Å². The Balaban J connectivity index is 1.91. The van der Waals surface area contributed by atoms with Crippen LogP contribution in [0.4, 0.5) is 5.69 Å². The first-order valence-electron chi connectivity index (χ1n) is 6.13. The van der Waals surface area contributed by atoms with Gasteiger partial charge in [-0.3, -0.25) is 4.79 Å². The minimum absolute atomic E-state index is 0.110. The molecule has 0 saturated carbocycles. The van der Waals surface area contributed by atoms with E-state index in [2.05, 4.69) is 0 Å². The molecule has 1 saturated heterocycles. The SMILES string of the molecule is CC1CN(C(=O)CSc2cc(N)ccc2Cl)CCO1. The minimum atomic E-state index is 0.110. The molecule has 1 heterocycles. The van der Waals surface area contributed by atoms with Crippen molar-refractivity contribution in [2.45, 2.75) is 17.9 Å². The maximum atomic E-state index is 12.1. The third kappa shape index (κ3) is 4.03. The van der Waals surface area contributed by atoms with Gasteiger partial charge >= 0.3 is 0 Å². The van der Waals surface area contributed by atoms with Crippen LogP contribution in [0.3, 0.4) is 0 Å². The first-order chi connectivity index (χ1) is 9.06. The van der Waals surface area contributed by atoms with Crippen LogP contribution in [0.2, 0.25) is 5.02 Å². The summed E-state index contributed by atoms with van der Waals surface area (Å²) in [5.41, 5.74) is 6.36. The number of amides is 1. The molecule has 1 aliphatic heterocycles. The van der Waals surface area contributed by atoms with Crippen molar-refractivity contribution in [3.63, 3.8) is 0 Å². The van der Waals surface area contributed by atoms with Crippen molar-refractivity contribution in [2.24, 2.45) is 0 Å². The van der Waals surface area contributed by atoms with Crippen LogP contribution in [-0.2, 0) is 9.53 Å². The number of thioether (sulfide) groups is 1. The van der Waals surface area contributed by atoms with Gasteiger partial charge in [-0.15, -0.1) is 11.8 Å². The molecule has 0 aromatic heterocycles. The van der Waals surface area contributed by atoms with Crippen LogP contribution in [-0.4, -0.2) is 42.4 Å². The van der Waals surface area contributed by atoms with Crippen molar-refractivity contribution in [2.75, 3.05) is 31.2 Å². The molecule has 19 heavy (non-hydrogen) atoms. The van der Waals surface area contributed by atoms with Gasteiger partial charge in [-0.2, -0.15) is 0 Å². The van der Waals surface area contributed by atoms with E-state index in [-0.39, 0.29) is 12.0 Å². The number of hydrogen-bond donors (Lipinski definition) is 1. The molecule has 1 aromatic rings. The molecule has 0 aliphatic carbocycles. The van der Waals surface area contributed by atoms with Crippen molar-refractivity contribution < 1.29 is 9.53 Å². The van der Waals surface area contributed by atoms with Gasteiger partial charge in [0.25, 0.3) is 0 Å². The number of nitrogen functional groups attached to an aromatic ring is 1. The Morgan fingerprint density at radius 1 is 1.63 bits per heavy atom. The number of ether oxygens (including phenoxy) is 1. The van der Waals surface area contributed by atoms with Crippen molar-refractivity contribution in [3.05, 3.63) is 23.2 Å². The van der Waals surface area contributed by atoms with E-state index >= 15 is 0 Å². The van der Waals surface area contributed by atoms with E-state index in [1.807, 2.05) is 11.8 Å². The van der Waals surface area contributed by atoms with Crippen LogP contribution in [0.5, 0.6) is 0 Å². The highest BCUT2D eigenvalue weighted by Crippen LogP contribution is 2.29. The molecule has 1 aliphatic rings. The van der Waals surface area contributed by atoms with Gasteiger partial charge in [0, 0.05) is 23.7 Å². The highest BCUT2D eigenvalue weighted by molar-refractivity contribution is 8.00. The zero-order valence-electron chi connectivity index (χ0n) is 10.8. The number of carbonyl (C=O) groups excluding carboxylic acids is 1. The lowest BCUT2D eigenvalue weighted by atomic mass is 10.3. The molecule has 1 unspecified atom stereocenters. The Morgan fingerprint density at radius 3 is 3.16 bits per heavy atom. The van der Waals surface area contributed by atoms with Gasteiger partial charge in [0.2, 0.25) is 5.91 Å². The van der Waals surface area contributed by atoms with Gasteiger partial charge in [0.1, 0.15) is 0 Å². The quantitative estimate of drug-likeness (QED) is 0.687. The van der Waals surface area contributed by atoms with Crippen LogP contribution in [0.25, 0.3) is 0 Å². The number of anilines is 1. The van der Waals surface area contributed by atoms with E-state index in [1.54, 1.807) is 18.2 Å². The lowest BCUT2D eigenvalue weighted by Crippen LogP contribution is -2.45. The predicted molar refractivity (Wildman–Crippen MR) is 78.6 cm³/mol. The number of morpholine rings is 1. The van der Waals surface area contributed by atoms with Crippen LogP contribution in [0.15, 0.2) is 23.1 Å². The number of nitrogens with two attached hydrogens (primary N) is 1. The first kappa shape index (κ1) is 14.5. The normalized spacial score (nSPS) is 19.5. The molecule has 1 fully saturated rings. The van der Waals surface area contributed by atoms with Crippen molar-refractivity contribution in [3.8, 4) is 0 Å². The van der Waals surface area contributed by atoms with Crippen LogP contribution in [0, 0.1) is 0 Å². The Kier molecular flexibility index (Phi) is 4.96. The van der Waals surface area contributed by atoms with Gasteiger partial charge in [-0.05, 0) is 25.1 Å². The third-order valence-corrected chi connectivity index (χ3v) is 4.38. The van der Waals surface area contributed by atoms with Gasteiger partial charge in [0.05, 0.1) is 23.5 Å². The largest absolute Gasteiger partial charge is 0.399 e. The zero-order chi connectivity index (χ0) is 13.8. The Hall–Kier alpha value is -0.910. The van der Waals surface area contributed by atoms with E-state index in [9.17, 15) is 4.79 Å².